The molecular weight excluding hydrogens is 298 g/mol. The van der Waals surface area contributed by atoms with Gasteiger partial charge in [0, 0.05) is 11.9 Å². The van der Waals surface area contributed by atoms with E-state index in [-0.39, 0.29) is 0 Å². The molecule has 0 radical (unpaired) electrons. The molecule has 0 amide bonds. The van der Waals surface area contributed by atoms with Gasteiger partial charge in [-0.2, -0.15) is 0 Å². The molecule has 108 valence electrons. The van der Waals surface area contributed by atoms with Crippen molar-refractivity contribution in [2.75, 3.05) is 6.54 Å². The number of benzene rings is 1. The Kier molecular flexibility index (Phi) is 3.71. The van der Waals surface area contributed by atoms with Gasteiger partial charge in [0.1, 0.15) is 5.01 Å². The van der Waals surface area contributed by atoms with Gasteiger partial charge in [0.25, 0.3) is 0 Å². The monoisotopic (exact) mass is 315 g/mol. The number of hydrogen-bond acceptors (Lipinski definition) is 5. The van der Waals surface area contributed by atoms with Crippen LogP contribution in [0.4, 0.5) is 0 Å². The van der Waals surface area contributed by atoms with Crippen molar-refractivity contribution in [2.45, 2.75) is 31.8 Å². The van der Waals surface area contributed by atoms with Crippen LogP contribution in [0.15, 0.2) is 35.2 Å². The second kappa shape index (κ2) is 5.83. The number of piperidine rings is 1. The van der Waals surface area contributed by atoms with Crippen molar-refractivity contribution in [3.63, 3.8) is 0 Å². The van der Waals surface area contributed by atoms with Gasteiger partial charge in [-0.05, 0) is 31.5 Å². The van der Waals surface area contributed by atoms with Crippen molar-refractivity contribution in [3.05, 3.63) is 45.9 Å². The SMILES string of the molecule is c1ccc2sc([C@@H]3CCCCN3Cc3cscn3)nc2c1. The number of rotatable bonds is 3. The van der Waals surface area contributed by atoms with Gasteiger partial charge in [-0.15, -0.1) is 22.7 Å². The summed E-state index contributed by atoms with van der Waals surface area (Å²) in [5, 5.41) is 3.43. The van der Waals surface area contributed by atoms with Gasteiger partial charge in [0.05, 0.1) is 27.5 Å². The molecule has 1 fully saturated rings. The van der Waals surface area contributed by atoms with Crippen LogP contribution in [0.5, 0.6) is 0 Å². The van der Waals surface area contributed by atoms with Gasteiger partial charge in [0.15, 0.2) is 0 Å². The maximum absolute atomic E-state index is 4.87. The van der Waals surface area contributed by atoms with E-state index in [1.807, 2.05) is 16.8 Å². The van der Waals surface area contributed by atoms with Gasteiger partial charge in [-0.25, -0.2) is 9.97 Å². The van der Waals surface area contributed by atoms with E-state index in [0.29, 0.717) is 6.04 Å². The highest BCUT2D eigenvalue weighted by atomic mass is 32.1. The second-order valence-corrected chi connectivity index (χ2v) is 7.26. The molecule has 1 aliphatic heterocycles. The Hall–Kier alpha value is -1.30. The Balaban J connectivity index is 1.63. The summed E-state index contributed by atoms with van der Waals surface area (Å²) in [5.41, 5.74) is 4.25. The third-order valence-electron chi connectivity index (χ3n) is 4.06. The lowest BCUT2D eigenvalue weighted by Gasteiger charge is -2.33. The Morgan fingerprint density at radius 3 is 3.05 bits per heavy atom. The van der Waals surface area contributed by atoms with Crippen molar-refractivity contribution >= 4 is 32.9 Å². The first-order chi connectivity index (χ1) is 10.4. The van der Waals surface area contributed by atoms with Crippen LogP contribution in [0, 0.1) is 0 Å². The topological polar surface area (TPSA) is 29.0 Å². The Bertz CT molecular complexity index is 687. The Labute approximate surface area is 132 Å². The van der Waals surface area contributed by atoms with Crippen molar-refractivity contribution in [2.24, 2.45) is 0 Å². The predicted octanol–water partition coefficient (Wildman–Crippen LogP) is 4.48. The van der Waals surface area contributed by atoms with Crippen LogP contribution in [-0.2, 0) is 6.54 Å². The number of para-hydroxylation sites is 1. The van der Waals surface area contributed by atoms with Crippen molar-refractivity contribution in [1.82, 2.24) is 14.9 Å². The normalized spacial score (nSPS) is 20.1. The average molecular weight is 315 g/mol. The molecule has 0 saturated carbocycles. The van der Waals surface area contributed by atoms with Crippen LogP contribution in [0.2, 0.25) is 0 Å². The average Bonchev–Trinajstić information content (AvgIpc) is 3.16. The van der Waals surface area contributed by atoms with Gasteiger partial charge in [0.2, 0.25) is 0 Å². The van der Waals surface area contributed by atoms with Crippen LogP contribution in [0.3, 0.4) is 0 Å². The van der Waals surface area contributed by atoms with E-state index in [0.717, 1.165) is 18.6 Å². The van der Waals surface area contributed by atoms with Crippen molar-refractivity contribution in [1.29, 1.82) is 0 Å². The number of thiazole rings is 2. The predicted molar refractivity (Wildman–Crippen MR) is 88.7 cm³/mol. The Morgan fingerprint density at radius 1 is 1.24 bits per heavy atom. The molecule has 0 N–H and O–H groups in total. The minimum Gasteiger partial charge on any atom is -0.288 e. The second-order valence-electron chi connectivity index (χ2n) is 5.48. The number of nitrogens with zero attached hydrogens (tertiary/aromatic N) is 3. The molecule has 3 aromatic rings. The van der Waals surface area contributed by atoms with Crippen molar-refractivity contribution in [3.8, 4) is 0 Å². The molecule has 0 aliphatic carbocycles. The molecule has 3 nitrogen and oxygen atoms in total. The molecule has 1 saturated heterocycles. The summed E-state index contributed by atoms with van der Waals surface area (Å²) in [7, 11) is 0. The van der Waals surface area contributed by atoms with Gasteiger partial charge in [-0.1, -0.05) is 18.6 Å². The van der Waals surface area contributed by atoms with E-state index in [1.54, 1.807) is 11.3 Å². The maximum atomic E-state index is 4.87. The quantitative estimate of drug-likeness (QED) is 0.713. The van der Waals surface area contributed by atoms with Gasteiger partial charge >= 0.3 is 0 Å². The van der Waals surface area contributed by atoms with E-state index in [4.69, 9.17) is 4.98 Å². The molecule has 1 atom stereocenters. The third-order valence-corrected chi connectivity index (χ3v) is 5.83. The molecule has 3 heterocycles. The van der Waals surface area contributed by atoms with E-state index in [1.165, 1.54) is 34.7 Å². The van der Waals surface area contributed by atoms with Crippen molar-refractivity contribution < 1.29 is 0 Å². The third kappa shape index (κ3) is 2.73. The summed E-state index contributed by atoms with van der Waals surface area (Å²) in [6.45, 7) is 2.10. The van der Waals surface area contributed by atoms with E-state index in [9.17, 15) is 0 Å². The first-order valence-corrected chi connectivity index (χ1v) is 9.13. The van der Waals surface area contributed by atoms with Gasteiger partial charge in [-0.3, -0.25) is 4.90 Å². The lowest BCUT2D eigenvalue weighted by molar-refractivity contribution is 0.139. The number of likely N-dealkylation sites (tertiary alicyclic amines) is 1. The standard InChI is InChI=1S/C16H17N3S2/c1-2-7-15-13(5-1)18-16(21-15)14-6-3-4-8-19(14)9-12-10-20-11-17-12/h1-2,5,7,10-11,14H,3-4,6,8-9H2/t14-/m0/s1. The summed E-state index contributed by atoms with van der Waals surface area (Å²) in [4.78, 5) is 11.9. The molecule has 0 bridgehead atoms. The summed E-state index contributed by atoms with van der Waals surface area (Å²) in [6.07, 6.45) is 3.80. The number of aromatic nitrogens is 2. The molecule has 1 aromatic carbocycles. The van der Waals surface area contributed by atoms with Gasteiger partial charge < -0.3 is 0 Å². The first kappa shape index (κ1) is 13.4. The smallest absolute Gasteiger partial charge is 0.111 e. The molecule has 2 aromatic heterocycles. The zero-order valence-corrected chi connectivity index (χ0v) is 13.4. The lowest BCUT2D eigenvalue weighted by atomic mass is 10.0. The highest BCUT2D eigenvalue weighted by Crippen LogP contribution is 2.36. The molecule has 1 aliphatic rings. The fourth-order valence-electron chi connectivity index (χ4n) is 3.02. The van der Waals surface area contributed by atoms with Crippen LogP contribution < -0.4 is 0 Å². The maximum Gasteiger partial charge on any atom is 0.111 e. The number of hydrogen-bond donors (Lipinski definition) is 0. The lowest BCUT2D eigenvalue weighted by Crippen LogP contribution is -2.32. The van der Waals surface area contributed by atoms with E-state index >= 15 is 0 Å². The zero-order valence-electron chi connectivity index (χ0n) is 11.7. The van der Waals surface area contributed by atoms with Crippen LogP contribution in [0.1, 0.15) is 36.0 Å². The fourth-order valence-corrected chi connectivity index (χ4v) is 4.70. The highest BCUT2D eigenvalue weighted by Gasteiger charge is 2.27. The summed E-state index contributed by atoms with van der Waals surface area (Å²) >= 11 is 3.53. The molecule has 0 unspecified atom stereocenters. The summed E-state index contributed by atoms with van der Waals surface area (Å²) in [6, 6.07) is 8.91. The molecule has 4 rings (SSSR count). The number of fused-ring (bicyclic) bond motifs is 1. The summed E-state index contributed by atoms with van der Waals surface area (Å²) < 4.78 is 1.30. The van der Waals surface area contributed by atoms with Crippen LogP contribution in [-0.4, -0.2) is 21.4 Å². The minimum atomic E-state index is 0.456. The molecular formula is C16H17N3S2. The zero-order chi connectivity index (χ0) is 14.1. The minimum absolute atomic E-state index is 0.456. The molecule has 21 heavy (non-hydrogen) atoms. The van der Waals surface area contributed by atoms with Crippen LogP contribution in [0.25, 0.3) is 10.2 Å². The largest absolute Gasteiger partial charge is 0.288 e. The first-order valence-electron chi connectivity index (χ1n) is 7.37. The fraction of sp³-hybridized carbons (Fsp3) is 0.375. The van der Waals surface area contributed by atoms with E-state index < -0.39 is 0 Å². The Morgan fingerprint density at radius 2 is 2.19 bits per heavy atom. The molecule has 5 heteroatoms. The molecule has 0 spiro atoms. The summed E-state index contributed by atoms with van der Waals surface area (Å²) in [5.74, 6) is 0. The van der Waals surface area contributed by atoms with Crippen LogP contribution >= 0.6 is 22.7 Å². The highest BCUT2D eigenvalue weighted by molar-refractivity contribution is 7.18. The van der Waals surface area contributed by atoms with E-state index in [2.05, 4.69) is 39.5 Å².